The van der Waals surface area contributed by atoms with E-state index in [0.717, 1.165) is 5.56 Å². The van der Waals surface area contributed by atoms with E-state index in [1.165, 1.54) is 41.6 Å². The summed E-state index contributed by atoms with van der Waals surface area (Å²) in [5.74, 6) is -0.297. The predicted octanol–water partition coefficient (Wildman–Crippen LogP) is 5.19. The lowest BCUT2D eigenvalue weighted by Crippen LogP contribution is -2.40. The minimum absolute atomic E-state index is 0.158. The van der Waals surface area contributed by atoms with E-state index in [2.05, 4.69) is 4.98 Å². The highest BCUT2D eigenvalue weighted by molar-refractivity contribution is 5.18. The van der Waals surface area contributed by atoms with Crippen molar-refractivity contribution < 1.29 is 22.3 Å². The third-order valence-electron chi connectivity index (χ3n) is 5.61. The zero-order valence-corrected chi connectivity index (χ0v) is 16.5. The molecule has 1 saturated heterocycles. The monoisotopic (exact) mass is 410 g/mol. The zero-order valence-electron chi connectivity index (χ0n) is 16.5. The standard InChI is InChI=1S/C22H26F4N2O/c1-2-29-16-21(10-9-17-5-7-19(23)8-6-17)11-13-28(15-21)20(22(24,25)26)18-4-3-12-27-14-18/h3-8,12,14,20H,2,9-11,13,15-16H2,1H3. The van der Waals surface area contributed by atoms with Crippen LogP contribution in [-0.4, -0.2) is 42.4 Å². The number of halogens is 4. The summed E-state index contributed by atoms with van der Waals surface area (Å²) in [5.41, 5.74) is 0.766. The summed E-state index contributed by atoms with van der Waals surface area (Å²) in [5, 5.41) is 0. The largest absolute Gasteiger partial charge is 0.408 e. The van der Waals surface area contributed by atoms with Gasteiger partial charge in [-0.15, -0.1) is 0 Å². The molecule has 3 rings (SSSR count). The predicted molar refractivity (Wildman–Crippen MR) is 103 cm³/mol. The van der Waals surface area contributed by atoms with E-state index in [-0.39, 0.29) is 16.8 Å². The van der Waals surface area contributed by atoms with E-state index in [9.17, 15) is 17.6 Å². The number of rotatable bonds is 8. The number of likely N-dealkylation sites (tertiary alicyclic amines) is 1. The van der Waals surface area contributed by atoms with E-state index < -0.39 is 12.2 Å². The van der Waals surface area contributed by atoms with Gasteiger partial charge in [0.2, 0.25) is 0 Å². The SMILES string of the molecule is CCOCC1(CCc2ccc(F)cc2)CCN(C(c2cccnc2)C(F)(F)F)C1. The third-order valence-corrected chi connectivity index (χ3v) is 5.61. The first-order valence-corrected chi connectivity index (χ1v) is 9.86. The molecular formula is C22H26F4N2O. The summed E-state index contributed by atoms with van der Waals surface area (Å²) in [7, 11) is 0. The highest BCUT2D eigenvalue weighted by atomic mass is 19.4. The van der Waals surface area contributed by atoms with Crippen LogP contribution in [0.1, 0.15) is 36.9 Å². The van der Waals surface area contributed by atoms with Gasteiger partial charge in [0.05, 0.1) is 6.61 Å². The Balaban J connectivity index is 1.77. The van der Waals surface area contributed by atoms with Crippen molar-refractivity contribution in [2.24, 2.45) is 5.41 Å². The molecule has 0 spiro atoms. The van der Waals surface area contributed by atoms with Crippen LogP contribution in [0.4, 0.5) is 17.6 Å². The van der Waals surface area contributed by atoms with E-state index in [0.29, 0.717) is 45.6 Å². The molecular weight excluding hydrogens is 384 g/mol. The van der Waals surface area contributed by atoms with Crippen molar-refractivity contribution in [1.82, 2.24) is 9.88 Å². The molecule has 0 amide bonds. The van der Waals surface area contributed by atoms with Crippen molar-refractivity contribution in [3.63, 3.8) is 0 Å². The maximum absolute atomic E-state index is 13.9. The first-order chi connectivity index (χ1) is 13.8. The summed E-state index contributed by atoms with van der Waals surface area (Å²) in [6, 6.07) is 7.61. The molecule has 0 N–H and O–H groups in total. The van der Waals surface area contributed by atoms with Gasteiger partial charge in [-0.05, 0) is 62.1 Å². The molecule has 1 aliphatic rings. The number of pyridine rings is 1. The molecule has 1 aromatic heterocycles. The Bertz CT molecular complexity index is 767. The molecule has 3 nitrogen and oxygen atoms in total. The summed E-state index contributed by atoms with van der Waals surface area (Å²) < 4.78 is 60.6. The van der Waals surface area contributed by atoms with Crippen molar-refractivity contribution in [3.8, 4) is 0 Å². The van der Waals surface area contributed by atoms with Gasteiger partial charge in [0.25, 0.3) is 0 Å². The van der Waals surface area contributed by atoms with Crippen LogP contribution < -0.4 is 0 Å². The van der Waals surface area contributed by atoms with Crippen LogP contribution in [0.25, 0.3) is 0 Å². The number of nitrogens with zero attached hydrogens (tertiary/aromatic N) is 2. The summed E-state index contributed by atoms with van der Waals surface area (Å²) in [4.78, 5) is 5.38. The number of hydrogen-bond donors (Lipinski definition) is 0. The molecule has 1 aromatic carbocycles. The van der Waals surface area contributed by atoms with Crippen LogP contribution in [0.3, 0.4) is 0 Å². The van der Waals surface area contributed by atoms with Gasteiger partial charge in [0.1, 0.15) is 11.9 Å². The maximum Gasteiger partial charge on any atom is 0.408 e. The lowest BCUT2D eigenvalue weighted by atomic mass is 9.82. The number of aryl methyl sites for hydroxylation is 1. The first kappa shape index (κ1) is 21.7. The van der Waals surface area contributed by atoms with Crippen LogP contribution in [0.5, 0.6) is 0 Å². The Morgan fingerprint density at radius 3 is 2.59 bits per heavy atom. The van der Waals surface area contributed by atoms with E-state index in [1.54, 1.807) is 12.1 Å². The minimum Gasteiger partial charge on any atom is -0.381 e. The topological polar surface area (TPSA) is 25.4 Å². The fraction of sp³-hybridized carbons (Fsp3) is 0.500. The number of alkyl halides is 3. The second kappa shape index (κ2) is 9.22. The van der Waals surface area contributed by atoms with Crippen molar-refractivity contribution in [2.75, 3.05) is 26.3 Å². The fourth-order valence-electron chi connectivity index (χ4n) is 4.11. The average Bonchev–Trinajstić information content (AvgIpc) is 3.10. The maximum atomic E-state index is 13.9. The molecule has 2 heterocycles. The fourth-order valence-corrected chi connectivity index (χ4v) is 4.11. The van der Waals surface area contributed by atoms with Gasteiger partial charge in [-0.1, -0.05) is 18.2 Å². The number of aromatic nitrogens is 1. The average molecular weight is 410 g/mol. The quantitative estimate of drug-likeness (QED) is 0.561. The number of ether oxygens (including phenoxy) is 1. The number of hydrogen-bond acceptors (Lipinski definition) is 3. The molecule has 2 unspecified atom stereocenters. The Morgan fingerprint density at radius 2 is 1.97 bits per heavy atom. The molecule has 2 aromatic rings. The molecule has 0 radical (unpaired) electrons. The second-order valence-corrected chi connectivity index (χ2v) is 7.71. The van der Waals surface area contributed by atoms with Crippen LogP contribution in [0.15, 0.2) is 48.8 Å². The third kappa shape index (κ3) is 5.54. The molecule has 0 saturated carbocycles. The van der Waals surface area contributed by atoms with Gasteiger partial charge in [0, 0.05) is 31.0 Å². The Labute approximate surface area is 168 Å². The minimum atomic E-state index is -4.39. The normalized spacial score (nSPS) is 21.4. The zero-order chi connectivity index (χ0) is 20.9. The van der Waals surface area contributed by atoms with Gasteiger partial charge >= 0.3 is 6.18 Å². The van der Waals surface area contributed by atoms with Crippen molar-refractivity contribution >= 4 is 0 Å². The van der Waals surface area contributed by atoms with Crippen LogP contribution in [0, 0.1) is 11.2 Å². The second-order valence-electron chi connectivity index (χ2n) is 7.71. The Morgan fingerprint density at radius 1 is 1.21 bits per heavy atom. The van der Waals surface area contributed by atoms with E-state index in [1.807, 2.05) is 6.92 Å². The smallest absolute Gasteiger partial charge is 0.381 e. The lowest BCUT2D eigenvalue weighted by molar-refractivity contribution is -0.185. The van der Waals surface area contributed by atoms with E-state index >= 15 is 0 Å². The summed E-state index contributed by atoms with van der Waals surface area (Å²) >= 11 is 0. The first-order valence-electron chi connectivity index (χ1n) is 9.86. The van der Waals surface area contributed by atoms with Gasteiger partial charge < -0.3 is 4.74 Å². The molecule has 7 heteroatoms. The summed E-state index contributed by atoms with van der Waals surface area (Å²) in [6.45, 7) is 3.46. The van der Waals surface area contributed by atoms with Gasteiger partial charge in [-0.25, -0.2) is 4.39 Å². The van der Waals surface area contributed by atoms with Crippen molar-refractivity contribution in [2.45, 2.75) is 38.4 Å². The summed E-state index contributed by atoms with van der Waals surface area (Å²) in [6.07, 6.45) is 0.364. The van der Waals surface area contributed by atoms with Gasteiger partial charge in [0.15, 0.2) is 0 Å². The highest BCUT2D eigenvalue weighted by Crippen LogP contribution is 2.45. The van der Waals surface area contributed by atoms with Crippen molar-refractivity contribution in [1.29, 1.82) is 0 Å². The van der Waals surface area contributed by atoms with Gasteiger partial charge in [-0.2, -0.15) is 13.2 Å². The molecule has 0 bridgehead atoms. The van der Waals surface area contributed by atoms with Crippen LogP contribution >= 0.6 is 0 Å². The van der Waals surface area contributed by atoms with Crippen molar-refractivity contribution in [3.05, 3.63) is 65.7 Å². The van der Waals surface area contributed by atoms with Crippen LogP contribution in [-0.2, 0) is 11.2 Å². The number of benzene rings is 1. The Kier molecular flexibility index (Phi) is 6.90. The molecule has 1 fully saturated rings. The molecule has 158 valence electrons. The van der Waals surface area contributed by atoms with E-state index in [4.69, 9.17) is 4.74 Å². The van der Waals surface area contributed by atoms with Gasteiger partial charge in [-0.3, -0.25) is 9.88 Å². The molecule has 29 heavy (non-hydrogen) atoms. The molecule has 1 aliphatic heterocycles. The lowest BCUT2D eigenvalue weighted by Gasteiger charge is -2.33. The highest BCUT2D eigenvalue weighted by Gasteiger charge is 2.50. The van der Waals surface area contributed by atoms with Crippen LogP contribution in [0.2, 0.25) is 0 Å². The molecule has 0 aliphatic carbocycles. The molecule has 2 atom stereocenters. The Hall–Kier alpha value is -1.99.